The molecule has 1 aliphatic heterocycles. The molecule has 4 aliphatic carbocycles. The van der Waals surface area contributed by atoms with Gasteiger partial charge in [-0.05, 0) is 81.1 Å². The number of hydrogen-bond donors (Lipinski definition) is 0. The molecule has 2 spiro atoms. The van der Waals surface area contributed by atoms with Crippen LogP contribution in [0.5, 0.6) is 0 Å². The lowest BCUT2D eigenvalue weighted by atomic mass is 9.51. The van der Waals surface area contributed by atoms with Gasteiger partial charge in [-0.15, -0.1) is 0 Å². The van der Waals surface area contributed by atoms with E-state index in [2.05, 4.69) is 23.8 Å². The Bertz CT molecular complexity index is 427. The van der Waals surface area contributed by atoms with Crippen molar-refractivity contribution in [3.05, 3.63) is 0 Å². The molecule has 0 radical (unpaired) electrons. The van der Waals surface area contributed by atoms with E-state index >= 15 is 0 Å². The van der Waals surface area contributed by atoms with Crippen LogP contribution in [0, 0.1) is 22.7 Å². The van der Waals surface area contributed by atoms with Crippen LogP contribution in [0.25, 0.3) is 0 Å². The van der Waals surface area contributed by atoms with Gasteiger partial charge in [0.2, 0.25) is 0 Å². The first kappa shape index (κ1) is 14.3. The van der Waals surface area contributed by atoms with Crippen LogP contribution in [-0.4, -0.2) is 48.6 Å². The second kappa shape index (κ2) is 4.72. The van der Waals surface area contributed by atoms with Gasteiger partial charge < -0.3 is 9.80 Å². The average molecular weight is 303 g/mol. The minimum absolute atomic E-state index is 0.756. The second-order valence-electron chi connectivity index (χ2n) is 10.3. The van der Waals surface area contributed by atoms with E-state index < -0.39 is 0 Å². The minimum atomic E-state index is 0.756. The Labute approximate surface area is 136 Å². The molecule has 0 bridgehead atoms. The summed E-state index contributed by atoms with van der Waals surface area (Å²) in [4.78, 5) is 5.53. The summed E-state index contributed by atoms with van der Waals surface area (Å²) in [6.45, 7) is 6.71. The maximum Gasteiger partial charge on any atom is 0.0108 e. The van der Waals surface area contributed by atoms with Crippen molar-refractivity contribution in [1.29, 1.82) is 0 Å². The predicted molar refractivity (Wildman–Crippen MR) is 90.9 cm³/mol. The lowest BCUT2D eigenvalue weighted by Crippen LogP contribution is -2.68. The molecule has 0 unspecified atom stereocenters. The second-order valence-corrected chi connectivity index (χ2v) is 10.3. The molecule has 4 saturated carbocycles. The zero-order valence-corrected chi connectivity index (χ0v) is 14.7. The number of likely N-dealkylation sites (tertiary alicyclic amines) is 1. The van der Waals surface area contributed by atoms with Gasteiger partial charge in [-0.25, -0.2) is 0 Å². The van der Waals surface area contributed by atoms with Crippen LogP contribution in [0.2, 0.25) is 0 Å². The predicted octanol–water partition coefficient (Wildman–Crippen LogP) is 3.76. The van der Waals surface area contributed by atoms with Crippen LogP contribution in [0.4, 0.5) is 0 Å². The molecule has 5 fully saturated rings. The third-order valence-corrected chi connectivity index (χ3v) is 8.33. The fraction of sp³-hybridized carbons (Fsp3) is 1.00. The Kier molecular flexibility index (Phi) is 3.07. The third-order valence-electron chi connectivity index (χ3n) is 8.33. The van der Waals surface area contributed by atoms with Gasteiger partial charge in [-0.3, -0.25) is 0 Å². The normalized spacial score (nSPS) is 42.4. The van der Waals surface area contributed by atoms with E-state index in [9.17, 15) is 0 Å². The van der Waals surface area contributed by atoms with Crippen LogP contribution >= 0.6 is 0 Å². The van der Waals surface area contributed by atoms with E-state index in [4.69, 9.17) is 0 Å². The van der Waals surface area contributed by atoms with E-state index in [1.165, 1.54) is 51.7 Å². The van der Waals surface area contributed by atoms with Gasteiger partial charge in [0.1, 0.15) is 0 Å². The van der Waals surface area contributed by atoms with E-state index in [0.717, 1.165) is 34.7 Å². The van der Waals surface area contributed by atoms with Crippen molar-refractivity contribution in [1.82, 2.24) is 9.80 Å². The molecule has 0 atom stereocenters. The van der Waals surface area contributed by atoms with Gasteiger partial charge in [0.25, 0.3) is 0 Å². The van der Waals surface area contributed by atoms with Crippen LogP contribution in [0.15, 0.2) is 0 Å². The highest BCUT2D eigenvalue weighted by atomic mass is 15.3. The van der Waals surface area contributed by atoms with E-state index in [-0.39, 0.29) is 0 Å². The molecular weight excluding hydrogens is 268 g/mol. The fourth-order valence-corrected chi connectivity index (χ4v) is 6.75. The fourth-order valence-electron chi connectivity index (χ4n) is 6.75. The minimum Gasteiger partial charge on any atom is -0.302 e. The van der Waals surface area contributed by atoms with Crippen molar-refractivity contribution in [2.24, 2.45) is 22.7 Å². The van der Waals surface area contributed by atoms with Crippen LogP contribution in [0.3, 0.4) is 0 Å². The monoisotopic (exact) mass is 302 g/mol. The van der Waals surface area contributed by atoms with E-state index in [0.29, 0.717) is 0 Å². The van der Waals surface area contributed by atoms with Gasteiger partial charge in [-0.2, -0.15) is 0 Å². The molecule has 124 valence electrons. The summed E-state index contributed by atoms with van der Waals surface area (Å²) in [6, 6.07) is 1.84. The molecule has 1 saturated heterocycles. The Balaban J connectivity index is 1.02. The summed E-state index contributed by atoms with van der Waals surface area (Å²) >= 11 is 0. The first-order valence-electron chi connectivity index (χ1n) is 9.99. The molecule has 0 aromatic rings. The highest BCUT2D eigenvalue weighted by Crippen LogP contribution is 2.59. The van der Waals surface area contributed by atoms with Gasteiger partial charge in [0.15, 0.2) is 0 Å². The first-order chi connectivity index (χ1) is 10.5. The Morgan fingerprint density at radius 3 is 2.18 bits per heavy atom. The molecule has 0 aromatic heterocycles. The molecule has 0 N–H and O–H groups in total. The van der Waals surface area contributed by atoms with Gasteiger partial charge in [0.05, 0.1) is 0 Å². The SMILES string of the molecule is CC1CC(N(C)C2CC3(C2)CN(CC2CC4(CCC4)C2)C3)C1. The summed E-state index contributed by atoms with van der Waals surface area (Å²) < 4.78 is 0. The highest BCUT2D eigenvalue weighted by molar-refractivity contribution is 5.09. The molecule has 1 heterocycles. The van der Waals surface area contributed by atoms with Crippen molar-refractivity contribution >= 4 is 0 Å². The topological polar surface area (TPSA) is 6.48 Å². The lowest BCUT2D eigenvalue weighted by molar-refractivity contribution is -0.136. The van der Waals surface area contributed by atoms with Crippen molar-refractivity contribution < 1.29 is 0 Å². The summed E-state index contributed by atoms with van der Waals surface area (Å²) in [5.41, 5.74) is 1.63. The third kappa shape index (κ3) is 2.13. The smallest absolute Gasteiger partial charge is 0.0108 e. The highest BCUT2D eigenvalue weighted by Gasteiger charge is 2.55. The Hall–Kier alpha value is -0.0800. The van der Waals surface area contributed by atoms with E-state index in [1.54, 1.807) is 25.7 Å². The summed E-state index contributed by atoms with van der Waals surface area (Å²) in [5, 5.41) is 0. The van der Waals surface area contributed by atoms with Gasteiger partial charge in [-0.1, -0.05) is 13.3 Å². The zero-order chi connectivity index (χ0) is 14.9. The quantitative estimate of drug-likeness (QED) is 0.780. The standard InChI is InChI=1S/C20H34N2/c1-15-6-17(7-15)21(2)18-10-20(11-18)13-22(14-20)12-16-8-19(9-16)4-3-5-19/h15-18H,3-14H2,1-2H3. The zero-order valence-electron chi connectivity index (χ0n) is 14.7. The molecule has 0 amide bonds. The van der Waals surface area contributed by atoms with Gasteiger partial charge >= 0.3 is 0 Å². The van der Waals surface area contributed by atoms with Crippen molar-refractivity contribution in [3.8, 4) is 0 Å². The van der Waals surface area contributed by atoms with Crippen molar-refractivity contribution in [2.75, 3.05) is 26.7 Å². The number of rotatable bonds is 4. The largest absolute Gasteiger partial charge is 0.302 e. The molecule has 5 rings (SSSR count). The molecule has 0 aromatic carbocycles. The van der Waals surface area contributed by atoms with Crippen LogP contribution < -0.4 is 0 Å². The average Bonchev–Trinajstić information content (AvgIpc) is 2.25. The first-order valence-corrected chi connectivity index (χ1v) is 9.99. The Morgan fingerprint density at radius 1 is 0.955 bits per heavy atom. The number of nitrogens with zero attached hydrogens (tertiary/aromatic N) is 2. The summed E-state index contributed by atoms with van der Waals surface area (Å²) in [6.07, 6.45) is 13.7. The van der Waals surface area contributed by atoms with Crippen molar-refractivity contribution in [2.45, 2.75) is 76.8 Å². The van der Waals surface area contributed by atoms with Crippen LogP contribution in [-0.2, 0) is 0 Å². The Morgan fingerprint density at radius 2 is 1.64 bits per heavy atom. The number of hydrogen-bond acceptors (Lipinski definition) is 2. The summed E-state index contributed by atoms with van der Waals surface area (Å²) in [7, 11) is 2.40. The molecule has 2 heteroatoms. The summed E-state index contributed by atoms with van der Waals surface area (Å²) in [5.74, 6) is 2.05. The molecule has 22 heavy (non-hydrogen) atoms. The molecular formula is C20H34N2. The molecule has 5 aliphatic rings. The molecule has 2 nitrogen and oxygen atoms in total. The van der Waals surface area contributed by atoms with E-state index in [1.807, 2.05) is 0 Å². The maximum absolute atomic E-state index is 2.79. The van der Waals surface area contributed by atoms with Crippen molar-refractivity contribution in [3.63, 3.8) is 0 Å². The maximum atomic E-state index is 2.79. The van der Waals surface area contributed by atoms with Gasteiger partial charge in [0, 0.05) is 31.7 Å². The van der Waals surface area contributed by atoms with Crippen LogP contribution in [0.1, 0.15) is 64.7 Å². The lowest BCUT2D eigenvalue weighted by Gasteiger charge is -2.64.